The highest BCUT2D eigenvalue weighted by atomic mass is 16.5. The van der Waals surface area contributed by atoms with Gasteiger partial charge in [-0.05, 0) is 43.5 Å². The van der Waals surface area contributed by atoms with Crippen molar-refractivity contribution in [2.45, 2.75) is 39.0 Å². The summed E-state index contributed by atoms with van der Waals surface area (Å²) in [4.78, 5) is 37.1. The zero-order valence-corrected chi connectivity index (χ0v) is 20.8. The van der Waals surface area contributed by atoms with Crippen molar-refractivity contribution in [2.24, 2.45) is 5.92 Å². The van der Waals surface area contributed by atoms with Crippen LogP contribution < -0.4 is 24.6 Å². The lowest BCUT2D eigenvalue weighted by Crippen LogP contribution is -2.26. The number of nitrogens with one attached hydrogen (secondary N) is 1. The number of nitrogens with zero attached hydrogens (tertiary/aromatic N) is 2. The summed E-state index contributed by atoms with van der Waals surface area (Å²) in [5, 5.41) is 2.68. The Hall–Kier alpha value is -3.55. The van der Waals surface area contributed by atoms with Crippen molar-refractivity contribution in [1.29, 1.82) is 0 Å². The van der Waals surface area contributed by atoms with Gasteiger partial charge in [0, 0.05) is 38.4 Å². The highest BCUT2D eigenvalue weighted by Gasteiger charge is 2.30. The van der Waals surface area contributed by atoms with Gasteiger partial charge in [0.2, 0.25) is 17.7 Å². The molecule has 5 rings (SSSR count). The van der Waals surface area contributed by atoms with E-state index in [1.54, 1.807) is 19.1 Å². The quantitative estimate of drug-likeness (QED) is 0.718. The summed E-state index contributed by atoms with van der Waals surface area (Å²) in [6, 6.07) is 15.3. The molecule has 3 aliphatic rings. The molecule has 0 bridgehead atoms. The summed E-state index contributed by atoms with van der Waals surface area (Å²) < 4.78 is 10.5. The van der Waals surface area contributed by atoms with Crippen LogP contribution in [0.25, 0.3) is 0 Å². The van der Waals surface area contributed by atoms with E-state index in [0.717, 1.165) is 68.2 Å². The molecule has 1 unspecified atom stereocenters. The van der Waals surface area contributed by atoms with Crippen molar-refractivity contribution in [3.05, 3.63) is 48.5 Å². The summed E-state index contributed by atoms with van der Waals surface area (Å²) in [5.41, 5.74) is 1.77. The lowest BCUT2D eigenvalue weighted by atomic mass is 10.1. The molecule has 0 saturated carbocycles. The van der Waals surface area contributed by atoms with E-state index < -0.39 is 0 Å². The van der Waals surface area contributed by atoms with Crippen LogP contribution in [0.3, 0.4) is 0 Å². The molecule has 35 heavy (non-hydrogen) atoms. The van der Waals surface area contributed by atoms with E-state index in [1.165, 1.54) is 0 Å². The van der Waals surface area contributed by atoms with Crippen LogP contribution in [0.4, 0.5) is 11.4 Å². The van der Waals surface area contributed by atoms with Gasteiger partial charge in [-0.3, -0.25) is 14.4 Å². The summed E-state index contributed by atoms with van der Waals surface area (Å²) in [6.45, 7) is 4.45. The topological polar surface area (TPSA) is 88.2 Å². The van der Waals surface area contributed by atoms with Crippen molar-refractivity contribution in [2.75, 3.05) is 43.7 Å². The highest BCUT2D eigenvalue weighted by molar-refractivity contribution is 5.98. The molecule has 3 saturated heterocycles. The summed E-state index contributed by atoms with van der Waals surface area (Å²) >= 11 is 0. The van der Waals surface area contributed by atoms with Crippen LogP contribution in [-0.2, 0) is 14.4 Å². The molecular weight excluding hydrogens is 446 g/mol. The van der Waals surface area contributed by atoms with Crippen LogP contribution in [0.2, 0.25) is 0 Å². The van der Waals surface area contributed by atoms with Crippen LogP contribution in [0.5, 0.6) is 11.5 Å². The van der Waals surface area contributed by atoms with Crippen LogP contribution in [0.15, 0.2) is 48.5 Å². The maximum absolute atomic E-state index is 11.8. The van der Waals surface area contributed by atoms with Crippen LogP contribution in [0, 0.1) is 5.92 Å². The number of hydrogen-bond donors (Lipinski definition) is 1. The second-order valence-electron chi connectivity index (χ2n) is 8.63. The van der Waals surface area contributed by atoms with Gasteiger partial charge in [-0.1, -0.05) is 31.2 Å². The Morgan fingerprint density at radius 3 is 1.80 bits per heavy atom. The van der Waals surface area contributed by atoms with Crippen molar-refractivity contribution >= 4 is 29.1 Å². The number of carbonyl (C=O) groups excluding carboxylic acids is 3. The minimum atomic E-state index is 0.134. The smallest absolute Gasteiger partial charge is 0.229 e. The molecule has 0 radical (unpaired) electrons. The number of amides is 3. The van der Waals surface area contributed by atoms with E-state index in [-0.39, 0.29) is 23.6 Å². The number of methoxy groups -OCH3 is 2. The predicted octanol–water partition coefficient (Wildman–Crippen LogP) is 3.79. The zero-order valence-electron chi connectivity index (χ0n) is 20.8. The second-order valence-corrected chi connectivity index (χ2v) is 8.63. The summed E-state index contributed by atoms with van der Waals surface area (Å²) in [7, 11) is 3.25. The molecule has 188 valence electrons. The first-order valence-corrected chi connectivity index (χ1v) is 12.1. The Bertz CT molecular complexity index is 1020. The number of benzene rings is 2. The first-order chi connectivity index (χ1) is 17.0. The standard InChI is InChI=1S/C12H15NO2.C11H13NO2.C4H7NO/c1-9-7-8-13(12(9)14)10-5-3-4-6-11(10)15-2;1-14-10-6-3-2-5-9(10)12-8-4-7-11(12)13;6-4-2-1-3-5-4/h3-6,9H,7-8H2,1-2H3;2-3,5-6H,4,7-8H2,1H3;1-3H2,(H,5,6). The maximum Gasteiger partial charge on any atom is 0.229 e. The van der Waals surface area contributed by atoms with E-state index in [9.17, 15) is 14.4 Å². The third-order valence-electron chi connectivity index (χ3n) is 6.20. The van der Waals surface area contributed by atoms with Gasteiger partial charge in [-0.25, -0.2) is 0 Å². The lowest BCUT2D eigenvalue weighted by Gasteiger charge is -2.18. The van der Waals surface area contributed by atoms with Gasteiger partial charge in [0.25, 0.3) is 0 Å². The van der Waals surface area contributed by atoms with Gasteiger partial charge in [-0.15, -0.1) is 0 Å². The number of rotatable bonds is 4. The molecule has 0 spiro atoms. The molecule has 2 aromatic rings. The molecule has 8 nitrogen and oxygen atoms in total. The Labute approximate surface area is 207 Å². The number of anilines is 2. The average molecular weight is 482 g/mol. The Morgan fingerprint density at radius 1 is 0.800 bits per heavy atom. The van der Waals surface area contributed by atoms with Crippen molar-refractivity contribution in [3.8, 4) is 11.5 Å². The van der Waals surface area contributed by atoms with Gasteiger partial charge in [0.1, 0.15) is 11.5 Å². The molecule has 1 atom stereocenters. The van der Waals surface area contributed by atoms with E-state index in [0.29, 0.717) is 6.42 Å². The molecule has 1 N–H and O–H groups in total. The number of hydrogen-bond acceptors (Lipinski definition) is 5. The third kappa shape index (κ3) is 6.74. The first kappa shape index (κ1) is 26.1. The van der Waals surface area contributed by atoms with Gasteiger partial charge < -0.3 is 24.6 Å². The van der Waals surface area contributed by atoms with E-state index in [2.05, 4.69) is 5.32 Å². The first-order valence-electron chi connectivity index (χ1n) is 12.1. The average Bonchev–Trinajstić information content (AvgIpc) is 3.62. The van der Waals surface area contributed by atoms with Crippen molar-refractivity contribution in [3.63, 3.8) is 0 Å². The number of ether oxygens (including phenoxy) is 2. The molecule has 2 aromatic carbocycles. The largest absolute Gasteiger partial charge is 0.495 e. The monoisotopic (exact) mass is 481 g/mol. The van der Waals surface area contributed by atoms with Gasteiger partial charge in [0.05, 0.1) is 25.6 Å². The summed E-state index contributed by atoms with van der Waals surface area (Å²) in [5.74, 6) is 2.25. The molecule has 0 aliphatic carbocycles. The Morgan fingerprint density at radius 2 is 1.40 bits per heavy atom. The second kappa shape index (κ2) is 12.8. The number of carbonyl (C=O) groups is 3. The zero-order chi connectivity index (χ0) is 25.2. The molecule has 3 fully saturated rings. The minimum absolute atomic E-state index is 0.134. The van der Waals surface area contributed by atoms with Crippen molar-refractivity contribution < 1.29 is 23.9 Å². The minimum Gasteiger partial charge on any atom is -0.495 e. The van der Waals surface area contributed by atoms with Crippen molar-refractivity contribution in [1.82, 2.24) is 5.32 Å². The van der Waals surface area contributed by atoms with E-state index in [1.807, 2.05) is 60.4 Å². The Kier molecular flexibility index (Phi) is 9.52. The molecular formula is C27H35N3O5. The molecule has 3 amide bonds. The van der Waals surface area contributed by atoms with E-state index in [4.69, 9.17) is 9.47 Å². The van der Waals surface area contributed by atoms with Crippen LogP contribution in [-0.4, -0.2) is 51.6 Å². The van der Waals surface area contributed by atoms with Crippen LogP contribution in [0.1, 0.15) is 39.0 Å². The normalized spacial score (nSPS) is 18.9. The SMILES string of the molecule is COc1ccccc1N1CCC(C)C1=O.COc1ccccc1N1CCCC1=O.O=C1CCCN1. The lowest BCUT2D eigenvalue weighted by molar-refractivity contribution is -0.120. The van der Waals surface area contributed by atoms with Gasteiger partial charge in [-0.2, -0.15) is 0 Å². The predicted molar refractivity (Wildman–Crippen MR) is 136 cm³/mol. The number of para-hydroxylation sites is 4. The fourth-order valence-corrected chi connectivity index (χ4v) is 4.24. The molecule has 3 aliphatic heterocycles. The fraction of sp³-hybridized carbons (Fsp3) is 0.444. The molecule has 0 aromatic heterocycles. The third-order valence-corrected chi connectivity index (χ3v) is 6.20. The molecule has 8 heteroatoms. The fourth-order valence-electron chi connectivity index (χ4n) is 4.24. The van der Waals surface area contributed by atoms with Gasteiger partial charge >= 0.3 is 0 Å². The van der Waals surface area contributed by atoms with Gasteiger partial charge in [0.15, 0.2) is 0 Å². The highest BCUT2D eigenvalue weighted by Crippen LogP contribution is 2.32. The summed E-state index contributed by atoms with van der Waals surface area (Å²) in [6.07, 6.45) is 4.28. The Balaban J connectivity index is 0.000000159. The molecule has 3 heterocycles. The maximum atomic E-state index is 11.8. The van der Waals surface area contributed by atoms with E-state index >= 15 is 0 Å². The van der Waals surface area contributed by atoms with Crippen LogP contribution >= 0.6 is 0 Å².